The molecule has 2 aromatic heterocycles. The van der Waals surface area contributed by atoms with E-state index in [0.29, 0.717) is 13.2 Å². The summed E-state index contributed by atoms with van der Waals surface area (Å²) in [5.74, 6) is 1.54. The number of rotatable bonds is 5. The van der Waals surface area contributed by atoms with Crippen molar-refractivity contribution in [3.05, 3.63) is 24.2 Å². The molecule has 0 N–H and O–H groups in total. The number of carbonyl (C=O) groups is 1. The van der Waals surface area contributed by atoms with Crippen LogP contribution < -0.4 is 4.90 Å². The Morgan fingerprint density at radius 2 is 2.17 bits per heavy atom. The van der Waals surface area contributed by atoms with Crippen molar-refractivity contribution in [2.45, 2.75) is 36.2 Å². The number of furan rings is 1. The number of aromatic nitrogens is 3. The number of carbonyl (C=O) groups excluding carboxylic acids is 1. The van der Waals surface area contributed by atoms with Gasteiger partial charge < -0.3 is 14.1 Å². The molecule has 1 atom stereocenters. The number of nitrogens with zero attached hydrogens (tertiary/aromatic N) is 4. The van der Waals surface area contributed by atoms with Crippen LogP contribution in [-0.2, 0) is 16.1 Å². The largest absolute Gasteiger partial charge is 0.467 e. The predicted octanol–water partition coefficient (Wildman–Crippen LogP) is 1.93. The van der Waals surface area contributed by atoms with Crippen LogP contribution in [0, 0.1) is 0 Å². The highest BCUT2D eigenvalue weighted by Crippen LogP contribution is 2.31. The number of ether oxygens (including phenoxy) is 1. The van der Waals surface area contributed by atoms with Gasteiger partial charge in [0.25, 0.3) is 0 Å². The van der Waals surface area contributed by atoms with Gasteiger partial charge in [0.05, 0.1) is 19.4 Å². The zero-order valence-corrected chi connectivity index (χ0v) is 13.5. The third-order valence-corrected chi connectivity index (χ3v) is 5.34. The molecule has 2 aromatic rings. The average molecular weight is 334 g/mol. The molecule has 122 valence electrons. The van der Waals surface area contributed by atoms with Gasteiger partial charge in [0.15, 0.2) is 5.16 Å². The summed E-state index contributed by atoms with van der Waals surface area (Å²) in [6.45, 7) is 3.04. The van der Waals surface area contributed by atoms with Gasteiger partial charge in [0, 0.05) is 19.5 Å². The van der Waals surface area contributed by atoms with Crippen molar-refractivity contribution >= 4 is 23.7 Å². The van der Waals surface area contributed by atoms with Crippen LogP contribution in [0.4, 0.5) is 5.95 Å². The molecule has 2 aliphatic heterocycles. The normalized spacial score (nSPS) is 21.1. The first kappa shape index (κ1) is 14.6. The van der Waals surface area contributed by atoms with Gasteiger partial charge in [-0.15, -0.1) is 10.2 Å². The summed E-state index contributed by atoms with van der Waals surface area (Å²) in [6, 6.07) is 3.81. The molecule has 0 spiro atoms. The molecule has 0 radical (unpaired) electrons. The van der Waals surface area contributed by atoms with Crippen LogP contribution >= 0.6 is 11.8 Å². The second-order valence-electron chi connectivity index (χ2n) is 5.70. The average Bonchev–Trinajstić information content (AvgIpc) is 3.31. The first-order chi connectivity index (χ1) is 11.3. The van der Waals surface area contributed by atoms with Crippen molar-refractivity contribution in [2.24, 2.45) is 0 Å². The van der Waals surface area contributed by atoms with Crippen molar-refractivity contribution in [3.63, 3.8) is 0 Å². The molecule has 23 heavy (non-hydrogen) atoms. The topological polar surface area (TPSA) is 73.4 Å². The lowest BCUT2D eigenvalue weighted by atomic mass is 10.4. The Kier molecular flexibility index (Phi) is 3.99. The van der Waals surface area contributed by atoms with Crippen molar-refractivity contribution in [3.8, 4) is 0 Å². The molecule has 4 heterocycles. The smallest absolute Gasteiger partial charge is 0.319 e. The van der Waals surface area contributed by atoms with Crippen LogP contribution in [0.5, 0.6) is 0 Å². The fraction of sp³-hybridized carbons (Fsp3) is 0.533. The second-order valence-corrected chi connectivity index (χ2v) is 6.87. The zero-order valence-electron chi connectivity index (χ0n) is 12.7. The lowest BCUT2D eigenvalue weighted by molar-refractivity contribution is -0.137. The van der Waals surface area contributed by atoms with Crippen molar-refractivity contribution < 1.29 is 13.9 Å². The molecule has 2 fully saturated rings. The van der Waals surface area contributed by atoms with Gasteiger partial charge in [0.2, 0.25) is 5.95 Å². The van der Waals surface area contributed by atoms with Gasteiger partial charge in [-0.1, -0.05) is 11.8 Å². The third kappa shape index (κ3) is 2.95. The zero-order chi connectivity index (χ0) is 15.6. The van der Waals surface area contributed by atoms with Gasteiger partial charge in [-0.25, -0.2) is 0 Å². The molecule has 0 amide bonds. The highest BCUT2D eigenvalue weighted by molar-refractivity contribution is 8.00. The van der Waals surface area contributed by atoms with Crippen LogP contribution in [0.25, 0.3) is 0 Å². The van der Waals surface area contributed by atoms with Crippen LogP contribution in [0.1, 0.15) is 25.0 Å². The molecule has 0 saturated carbocycles. The molecule has 2 aliphatic rings. The van der Waals surface area contributed by atoms with E-state index in [1.165, 1.54) is 24.6 Å². The minimum atomic E-state index is -0.194. The molecule has 0 aromatic carbocycles. The SMILES string of the molecule is O=C1OCCC1Sc1nnc(N2CCCC2)n1Cc1ccco1. The van der Waals surface area contributed by atoms with E-state index in [9.17, 15) is 4.79 Å². The number of hydrogen-bond donors (Lipinski definition) is 0. The van der Waals surface area contributed by atoms with Crippen LogP contribution in [-0.4, -0.2) is 45.7 Å². The summed E-state index contributed by atoms with van der Waals surface area (Å²) in [5.41, 5.74) is 0. The summed E-state index contributed by atoms with van der Waals surface area (Å²) in [5, 5.41) is 9.24. The van der Waals surface area contributed by atoms with Crippen molar-refractivity contribution in [2.75, 3.05) is 24.6 Å². The molecule has 4 rings (SSSR count). The van der Waals surface area contributed by atoms with Crippen molar-refractivity contribution in [1.29, 1.82) is 0 Å². The highest BCUT2D eigenvalue weighted by Gasteiger charge is 2.31. The molecular weight excluding hydrogens is 316 g/mol. The van der Waals surface area contributed by atoms with E-state index in [2.05, 4.69) is 15.1 Å². The number of cyclic esters (lactones) is 1. The molecule has 8 heteroatoms. The molecular formula is C15H18N4O3S. The predicted molar refractivity (Wildman–Crippen MR) is 84.5 cm³/mol. The van der Waals surface area contributed by atoms with Crippen LogP contribution in [0.15, 0.2) is 28.0 Å². The third-order valence-electron chi connectivity index (χ3n) is 4.12. The lowest BCUT2D eigenvalue weighted by Crippen LogP contribution is -2.23. The summed E-state index contributed by atoms with van der Waals surface area (Å²) in [7, 11) is 0. The molecule has 2 saturated heterocycles. The number of thioether (sulfide) groups is 1. The van der Waals surface area contributed by atoms with Crippen LogP contribution in [0.3, 0.4) is 0 Å². The maximum absolute atomic E-state index is 11.7. The standard InChI is InChI=1S/C15H18N4O3S/c20-13-12(5-9-22-13)23-15-17-16-14(18-6-1-2-7-18)19(15)10-11-4-3-8-21-11/h3-4,8,12H,1-2,5-7,9-10H2. The van der Waals surface area contributed by atoms with Gasteiger partial charge >= 0.3 is 5.97 Å². The van der Waals surface area contributed by atoms with E-state index in [4.69, 9.17) is 9.15 Å². The molecule has 0 aliphatic carbocycles. The minimum Gasteiger partial charge on any atom is -0.467 e. The Bertz CT molecular complexity index is 679. The van der Waals surface area contributed by atoms with Gasteiger partial charge in [0.1, 0.15) is 11.0 Å². The Labute approximate surface area is 138 Å². The highest BCUT2D eigenvalue weighted by atomic mass is 32.2. The Balaban J connectivity index is 1.62. The molecule has 0 bridgehead atoms. The first-order valence-electron chi connectivity index (χ1n) is 7.85. The van der Waals surface area contributed by atoms with E-state index in [1.54, 1.807) is 6.26 Å². The molecule has 1 unspecified atom stereocenters. The summed E-state index contributed by atoms with van der Waals surface area (Å²) in [6.07, 6.45) is 4.72. The summed E-state index contributed by atoms with van der Waals surface area (Å²) < 4.78 is 12.6. The maximum Gasteiger partial charge on any atom is 0.319 e. The number of hydrogen-bond acceptors (Lipinski definition) is 7. The second kappa shape index (κ2) is 6.27. The van der Waals surface area contributed by atoms with Gasteiger partial charge in [-0.3, -0.25) is 9.36 Å². The van der Waals surface area contributed by atoms with Gasteiger partial charge in [-0.05, 0) is 25.0 Å². The fourth-order valence-corrected chi connectivity index (χ4v) is 3.92. The van der Waals surface area contributed by atoms with E-state index >= 15 is 0 Å². The number of anilines is 1. The molecule has 7 nitrogen and oxygen atoms in total. The van der Waals surface area contributed by atoms with Crippen molar-refractivity contribution in [1.82, 2.24) is 14.8 Å². The fourth-order valence-electron chi connectivity index (χ4n) is 2.93. The minimum absolute atomic E-state index is 0.162. The Hall–Kier alpha value is -1.96. The summed E-state index contributed by atoms with van der Waals surface area (Å²) in [4.78, 5) is 14.0. The maximum atomic E-state index is 11.7. The first-order valence-corrected chi connectivity index (χ1v) is 8.73. The van der Waals surface area contributed by atoms with E-state index in [0.717, 1.165) is 36.4 Å². The van der Waals surface area contributed by atoms with E-state index in [-0.39, 0.29) is 11.2 Å². The number of esters is 1. The van der Waals surface area contributed by atoms with Crippen LogP contribution in [0.2, 0.25) is 0 Å². The Morgan fingerprint density at radius 1 is 1.30 bits per heavy atom. The van der Waals surface area contributed by atoms with E-state index in [1.807, 2.05) is 16.7 Å². The lowest BCUT2D eigenvalue weighted by Gasteiger charge is -2.18. The quantitative estimate of drug-likeness (QED) is 0.774. The van der Waals surface area contributed by atoms with E-state index < -0.39 is 0 Å². The Morgan fingerprint density at radius 3 is 2.87 bits per heavy atom. The summed E-state index contributed by atoms with van der Waals surface area (Å²) >= 11 is 1.43. The van der Waals surface area contributed by atoms with Gasteiger partial charge in [-0.2, -0.15) is 0 Å². The monoisotopic (exact) mass is 334 g/mol.